The van der Waals surface area contributed by atoms with E-state index in [-0.39, 0.29) is 12.5 Å². The Morgan fingerprint density at radius 3 is 2.66 bits per heavy atom. The minimum absolute atomic E-state index is 0.159. The summed E-state index contributed by atoms with van der Waals surface area (Å²) in [5.74, 6) is 1.02. The fraction of sp³-hybridized carbons (Fsp3) is 0.348. The van der Waals surface area contributed by atoms with E-state index in [1.54, 1.807) is 13.2 Å². The van der Waals surface area contributed by atoms with E-state index in [0.717, 1.165) is 26.9 Å². The normalized spacial score (nSPS) is 10.8. The predicted octanol–water partition coefficient (Wildman–Crippen LogP) is 3.34. The van der Waals surface area contributed by atoms with Crippen molar-refractivity contribution in [1.82, 2.24) is 5.43 Å². The van der Waals surface area contributed by atoms with E-state index in [9.17, 15) is 9.59 Å². The van der Waals surface area contributed by atoms with E-state index >= 15 is 0 Å². The first-order valence-electron chi connectivity index (χ1n) is 10.2. The number of carbonyl (C=O) groups excluding carboxylic acids is 2. The Kier molecular flexibility index (Phi) is 10.3. The van der Waals surface area contributed by atoms with Gasteiger partial charge in [-0.3, -0.25) is 9.59 Å². The van der Waals surface area contributed by atoms with E-state index in [0.29, 0.717) is 30.9 Å². The Hall–Kier alpha value is -2.82. The lowest BCUT2D eigenvalue weighted by molar-refractivity contribution is -0.121. The zero-order valence-electron chi connectivity index (χ0n) is 18.4. The lowest BCUT2D eigenvalue weighted by Gasteiger charge is -2.13. The van der Waals surface area contributed by atoms with Crippen molar-refractivity contribution >= 4 is 40.6 Å². The number of benzene rings is 2. The number of rotatable bonds is 12. The van der Waals surface area contributed by atoms with Crippen LogP contribution in [0.2, 0.25) is 0 Å². The maximum Gasteiger partial charge on any atom is 0.255 e. The molecule has 0 heterocycles. The van der Waals surface area contributed by atoms with Gasteiger partial charge >= 0.3 is 0 Å². The molecule has 0 fully saturated rings. The molecule has 3 N–H and O–H groups in total. The number of primary amides is 1. The average molecular weight is 553 g/mol. The third-order valence-electron chi connectivity index (χ3n) is 4.49. The van der Waals surface area contributed by atoms with Crippen LogP contribution in [0.4, 0.5) is 0 Å². The highest BCUT2D eigenvalue weighted by molar-refractivity contribution is 14.1. The van der Waals surface area contributed by atoms with Crippen LogP contribution in [0, 0.1) is 10.5 Å². The summed E-state index contributed by atoms with van der Waals surface area (Å²) >= 11 is 2.08. The summed E-state index contributed by atoms with van der Waals surface area (Å²) < 4.78 is 17.0. The van der Waals surface area contributed by atoms with Gasteiger partial charge in [0.1, 0.15) is 5.75 Å². The third-order valence-corrected chi connectivity index (χ3v) is 5.29. The molecule has 0 aliphatic carbocycles. The van der Waals surface area contributed by atoms with Gasteiger partial charge in [-0.25, -0.2) is 5.43 Å². The molecule has 2 aromatic carbocycles. The van der Waals surface area contributed by atoms with Gasteiger partial charge < -0.3 is 19.9 Å². The van der Waals surface area contributed by atoms with Gasteiger partial charge in [-0.2, -0.15) is 5.10 Å². The van der Waals surface area contributed by atoms with Crippen molar-refractivity contribution in [3.63, 3.8) is 0 Å². The van der Waals surface area contributed by atoms with Crippen LogP contribution in [0.5, 0.6) is 17.2 Å². The molecule has 0 atom stereocenters. The maximum atomic E-state index is 12.1. The second-order valence-corrected chi connectivity index (χ2v) is 8.12. The first-order chi connectivity index (χ1) is 15.3. The summed E-state index contributed by atoms with van der Waals surface area (Å²) in [6.07, 6.45) is 3.42. The molecular weight excluding hydrogens is 525 g/mol. The predicted molar refractivity (Wildman–Crippen MR) is 131 cm³/mol. The molecule has 0 saturated heterocycles. The highest BCUT2D eigenvalue weighted by atomic mass is 127. The zero-order valence-corrected chi connectivity index (χ0v) is 20.6. The number of carbonyl (C=O) groups is 2. The van der Waals surface area contributed by atoms with Crippen LogP contribution >= 0.6 is 22.6 Å². The summed E-state index contributed by atoms with van der Waals surface area (Å²) in [6, 6.07) is 9.47. The molecule has 172 valence electrons. The molecule has 0 bridgehead atoms. The van der Waals surface area contributed by atoms with Gasteiger partial charge in [0.15, 0.2) is 18.1 Å². The Morgan fingerprint density at radius 2 is 2.00 bits per heavy atom. The molecule has 2 amide bonds. The summed E-state index contributed by atoms with van der Waals surface area (Å²) in [4.78, 5) is 23.1. The number of nitrogens with one attached hydrogen (secondary N) is 1. The standard InChI is InChI=1S/C23H28IN3O5/c1-4-31-20-12-16(11-19(24)23(20)32-14-21(25)28)13-26-27-22(29)7-5-6-17-8-9-18(30-3)10-15(17)2/h8-13H,4-7,14H2,1-3H3,(H2,25,28)(H,27,29)/b26-13-. The Balaban J connectivity index is 1.91. The molecule has 2 rings (SSSR count). The van der Waals surface area contributed by atoms with Crippen molar-refractivity contribution in [2.75, 3.05) is 20.3 Å². The van der Waals surface area contributed by atoms with Crippen molar-refractivity contribution in [3.05, 3.63) is 50.6 Å². The number of hydrazone groups is 1. The molecule has 0 aromatic heterocycles. The van der Waals surface area contributed by atoms with Gasteiger partial charge in [-0.1, -0.05) is 6.07 Å². The largest absolute Gasteiger partial charge is 0.497 e. The molecular formula is C23H28IN3O5. The van der Waals surface area contributed by atoms with Gasteiger partial charge in [0, 0.05) is 6.42 Å². The number of amides is 2. The smallest absolute Gasteiger partial charge is 0.255 e. The van der Waals surface area contributed by atoms with Crippen LogP contribution in [0.1, 0.15) is 36.5 Å². The van der Waals surface area contributed by atoms with Crippen LogP contribution < -0.4 is 25.4 Å². The maximum absolute atomic E-state index is 12.1. The second kappa shape index (κ2) is 12.9. The van der Waals surface area contributed by atoms with Crippen LogP contribution in [0.15, 0.2) is 35.4 Å². The molecule has 0 aliphatic heterocycles. The molecule has 8 nitrogen and oxygen atoms in total. The zero-order chi connectivity index (χ0) is 23.5. The SMILES string of the molecule is CCOc1cc(/C=N\NC(=O)CCCc2ccc(OC)cc2C)cc(I)c1OCC(N)=O. The highest BCUT2D eigenvalue weighted by Crippen LogP contribution is 2.33. The molecule has 9 heteroatoms. The topological polar surface area (TPSA) is 112 Å². The van der Waals surface area contributed by atoms with Crippen molar-refractivity contribution in [2.24, 2.45) is 10.8 Å². The Bertz CT molecular complexity index is 978. The van der Waals surface area contributed by atoms with Gasteiger partial charge in [-0.05, 0) is 90.2 Å². The number of hydrogen-bond donors (Lipinski definition) is 2. The molecule has 2 aromatic rings. The Labute approximate surface area is 201 Å². The third kappa shape index (κ3) is 8.03. The first kappa shape index (κ1) is 25.4. The van der Waals surface area contributed by atoms with Crippen LogP contribution in [-0.2, 0) is 16.0 Å². The first-order valence-corrected chi connectivity index (χ1v) is 11.2. The molecule has 0 radical (unpaired) electrons. The van der Waals surface area contributed by atoms with E-state index in [2.05, 4.69) is 33.1 Å². The van der Waals surface area contributed by atoms with Crippen LogP contribution in [0.3, 0.4) is 0 Å². The van der Waals surface area contributed by atoms with Crippen molar-refractivity contribution in [3.8, 4) is 17.2 Å². The minimum Gasteiger partial charge on any atom is -0.497 e. The monoisotopic (exact) mass is 553 g/mol. The van der Waals surface area contributed by atoms with Gasteiger partial charge in [0.2, 0.25) is 5.91 Å². The van der Waals surface area contributed by atoms with Crippen LogP contribution in [-0.4, -0.2) is 38.4 Å². The van der Waals surface area contributed by atoms with E-state index in [1.165, 1.54) is 11.8 Å². The average Bonchev–Trinajstić information content (AvgIpc) is 2.74. The fourth-order valence-electron chi connectivity index (χ4n) is 2.96. The summed E-state index contributed by atoms with van der Waals surface area (Å²) in [5.41, 5.74) is 10.8. The van der Waals surface area contributed by atoms with Gasteiger partial charge in [-0.15, -0.1) is 0 Å². The molecule has 0 spiro atoms. The number of halogens is 1. The number of nitrogens with zero attached hydrogens (tertiary/aromatic N) is 1. The Morgan fingerprint density at radius 1 is 1.22 bits per heavy atom. The number of aryl methyl sites for hydroxylation is 2. The van der Waals surface area contributed by atoms with Crippen molar-refractivity contribution in [1.29, 1.82) is 0 Å². The quantitative estimate of drug-likeness (QED) is 0.238. The summed E-state index contributed by atoms with van der Waals surface area (Å²) in [5, 5.41) is 4.04. The van der Waals surface area contributed by atoms with Gasteiger partial charge in [0.05, 0.1) is 23.5 Å². The molecule has 0 saturated carbocycles. The summed E-state index contributed by atoms with van der Waals surface area (Å²) in [7, 11) is 1.64. The second-order valence-electron chi connectivity index (χ2n) is 6.96. The van der Waals surface area contributed by atoms with E-state index in [4.69, 9.17) is 19.9 Å². The number of ether oxygens (including phenoxy) is 3. The van der Waals surface area contributed by atoms with Crippen molar-refractivity contribution in [2.45, 2.75) is 33.1 Å². The molecule has 32 heavy (non-hydrogen) atoms. The fourth-order valence-corrected chi connectivity index (χ4v) is 3.74. The number of methoxy groups -OCH3 is 1. The molecule has 0 unspecified atom stereocenters. The minimum atomic E-state index is -0.571. The van der Waals surface area contributed by atoms with Crippen molar-refractivity contribution < 1.29 is 23.8 Å². The lowest BCUT2D eigenvalue weighted by Crippen LogP contribution is -2.20. The number of hydrogen-bond acceptors (Lipinski definition) is 6. The van der Waals surface area contributed by atoms with E-state index in [1.807, 2.05) is 38.1 Å². The number of nitrogens with two attached hydrogens (primary N) is 1. The lowest BCUT2D eigenvalue weighted by atomic mass is 10.0. The highest BCUT2D eigenvalue weighted by Gasteiger charge is 2.13. The van der Waals surface area contributed by atoms with Crippen LogP contribution in [0.25, 0.3) is 0 Å². The van der Waals surface area contributed by atoms with Gasteiger partial charge in [0.25, 0.3) is 5.91 Å². The molecule has 0 aliphatic rings. The van der Waals surface area contributed by atoms with E-state index < -0.39 is 5.91 Å². The summed E-state index contributed by atoms with van der Waals surface area (Å²) in [6.45, 7) is 4.06.